The molecule has 0 aromatic heterocycles. The van der Waals surface area contributed by atoms with Gasteiger partial charge in [0, 0.05) is 0 Å². The maximum atomic E-state index is 9.51. The normalized spacial score (nSPS) is 12.2. The second-order valence-electron chi connectivity index (χ2n) is 0.992. The summed E-state index contributed by atoms with van der Waals surface area (Å²) >= 11 is 0. The first-order valence-corrected chi connectivity index (χ1v) is 4.26. The molecule has 0 radical (unpaired) electrons. The van der Waals surface area contributed by atoms with Crippen LogP contribution in [0.1, 0.15) is 0 Å². The molecule has 0 bridgehead atoms. The van der Waals surface area contributed by atoms with E-state index in [2.05, 4.69) is 8.67 Å². The fourth-order valence-electron chi connectivity index (χ4n) is 0.0702. The van der Waals surface area contributed by atoms with Gasteiger partial charge in [0.2, 0.25) is 0 Å². The third-order valence-corrected chi connectivity index (χ3v) is 0.766. The molecular formula is H4O9S2. The summed E-state index contributed by atoms with van der Waals surface area (Å²) in [5, 5.41) is 0. The molecule has 9 nitrogen and oxygen atoms in total. The quantitative estimate of drug-likeness (QED) is 0.300. The fourth-order valence-corrected chi connectivity index (χ4v) is 0.632. The maximum absolute atomic E-state index is 9.51. The van der Waals surface area contributed by atoms with Gasteiger partial charge < -0.3 is 5.48 Å². The van der Waals surface area contributed by atoms with Crippen molar-refractivity contribution in [3.8, 4) is 0 Å². The van der Waals surface area contributed by atoms with Crippen LogP contribution in [0.5, 0.6) is 0 Å². The van der Waals surface area contributed by atoms with E-state index in [9.17, 15) is 16.8 Å². The lowest BCUT2D eigenvalue weighted by Gasteiger charge is -1.92. The molecule has 0 fully saturated rings. The standard InChI is InChI=1S/H2O8S2.H2O/c1-9(2,3)7-8-10(4,5)6;/h(H,1,2,3)(H,4,5,6);1H2. The molecule has 0 unspecified atom stereocenters. The van der Waals surface area contributed by atoms with Crippen molar-refractivity contribution in [3.63, 3.8) is 0 Å². The first kappa shape index (κ1) is 13.3. The largest absolute Gasteiger partial charge is 0.425 e. The summed E-state index contributed by atoms with van der Waals surface area (Å²) < 4.78 is 58.9. The number of rotatable bonds is 3. The van der Waals surface area contributed by atoms with Crippen LogP contribution in [0.4, 0.5) is 0 Å². The first-order valence-electron chi connectivity index (χ1n) is 1.53. The molecular weight excluding hydrogens is 208 g/mol. The fraction of sp³-hybridized carbons (Fsp3) is 0. The Morgan fingerprint density at radius 2 is 1.00 bits per heavy atom. The van der Waals surface area contributed by atoms with E-state index in [1.54, 1.807) is 0 Å². The lowest BCUT2D eigenvalue weighted by Crippen LogP contribution is -2.10. The predicted molar refractivity (Wildman–Crippen MR) is 28.9 cm³/mol. The summed E-state index contributed by atoms with van der Waals surface area (Å²) in [7, 11) is -10.0. The second-order valence-corrected chi connectivity index (χ2v) is 2.97. The van der Waals surface area contributed by atoms with E-state index in [4.69, 9.17) is 9.11 Å². The molecule has 0 saturated carbocycles. The molecule has 0 rings (SSSR count). The SMILES string of the molecule is O.O=S(=O)(O)OOS(=O)(=O)O. The molecule has 0 aliphatic rings. The van der Waals surface area contributed by atoms with Crippen LogP contribution in [0.25, 0.3) is 0 Å². The monoisotopic (exact) mass is 212 g/mol. The van der Waals surface area contributed by atoms with Crippen LogP contribution in [0.2, 0.25) is 0 Å². The van der Waals surface area contributed by atoms with E-state index in [1.807, 2.05) is 0 Å². The van der Waals surface area contributed by atoms with Crippen LogP contribution in [-0.2, 0) is 29.5 Å². The summed E-state index contributed by atoms with van der Waals surface area (Å²) in [5.74, 6) is 0. The van der Waals surface area contributed by atoms with E-state index < -0.39 is 20.8 Å². The molecule has 11 heavy (non-hydrogen) atoms. The molecule has 0 saturated heterocycles. The summed E-state index contributed by atoms with van der Waals surface area (Å²) in [5.41, 5.74) is 0. The number of hydrogen-bond acceptors (Lipinski definition) is 6. The molecule has 4 N–H and O–H groups in total. The van der Waals surface area contributed by atoms with Crippen LogP contribution in [0.3, 0.4) is 0 Å². The Morgan fingerprint density at radius 3 is 1.09 bits per heavy atom. The zero-order valence-corrected chi connectivity index (χ0v) is 6.29. The Labute approximate surface area is 61.7 Å². The van der Waals surface area contributed by atoms with Crippen LogP contribution >= 0.6 is 0 Å². The molecule has 0 heterocycles. The Hall–Kier alpha value is -0.300. The summed E-state index contributed by atoms with van der Waals surface area (Å²) in [6, 6.07) is 0. The third kappa shape index (κ3) is 12.8. The third-order valence-electron chi connectivity index (χ3n) is 0.200. The van der Waals surface area contributed by atoms with Gasteiger partial charge in [0.25, 0.3) is 0 Å². The van der Waals surface area contributed by atoms with Gasteiger partial charge in [0.05, 0.1) is 0 Å². The van der Waals surface area contributed by atoms with E-state index >= 15 is 0 Å². The van der Waals surface area contributed by atoms with Crippen LogP contribution < -0.4 is 0 Å². The predicted octanol–water partition coefficient (Wildman–Crippen LogP) is -2.28. The van der Waals surface area contributed by atoms with Crippen molar-refractivity contribution < 1.29 is 40.1 Å². The highest BCUT2D eigenvalue weighted by molar-refractivity contribution is 7.83. The van der Waals surface area contributed by atoms with Crippen molar-refractivity contribution in [2.75, 3.05) is 0 Å². The van der Waals surface area contributed by atoms with Crippen molar-refractivity contribution in [2.24, 2.45) is 0 Å². The summed E-state index contributed by atoms with van der Waals surface area (Å²) in [6.07, 6.45) is 0. The minimum atomic E-state index is -5.02. The Bertz CT molecular complexity index is 244. The number of hydrogen-bond donors (Lipinski definition) is 2. The van der Waals surface area contributed by atoms with Gasteiger partial charge in [-0.1, -0.05) is 8.67 Å². The van der Waals surface area contributed by atoms with Gasteiger partial charge in [-0.3, -0.25) is 9.11 Å². The minimum Gasteiger partial charge on any atom is -0.412 e. The van der Waals surface area contributed by atoms with Crippen molar-refractivity contribution in [2.45, 2.75) is 0 Å². The second kappa shape index (κ2) is 3.91. The van der Waals surface area contributed by atoms with Crippen molar-refractivity contribution in [1.82, 2.24) is 0 Å². The maximum Gasteiger partial charge on any atom is 0.425 e. The van der Waals surface area contributed by atoms with Gasteiger partial charge in [-0.15, -0.1) is 0 Å². The molecule has 0 amide bonds. The molecule has 0 aromatic rings. The van der Waals surface area contributed by atoms with Crippen molar-refractivity contribution in [3.05, 3.63) is 0 Å². The van der Waals surface area contributed by atoms with E-state index in [-0.39, 0.29) is 5.48 Å². The Balaban J connectivity index is 0. The van der Waals surface area contributed by atoms with Crippen molar-refractivity contribution >= 4 is 20.8 Å². The van der Waals surface area contributed by atoms with Gasteiger partial charge in [-0.2, -0.15) is 16.8 Å². The van der Waals surface area contributed by atoms with Gasteiger partial charge in [-0.05, 0) is 0 Å². The van der Waals surface area contributed by atoms with E-state index in [0.717, 1.165) is 0 Å². The van der Waals surface area contributed by atoms with Crippen LogP contribution in [0.15, 0.2) is 0 Å². The van der Waals surface area contributed by atoms with Crippen molar-refractivity contribution in [1.29, 1.82) is 0 Å². The Kier molecular flexibility index (Phi) is 4.73. The molecule has 11 heteroatoms. The molecule has 0 aliphatic heterocycles. The molecule has 0 atom stereocenters. The highest BCUT2D eigenvalue weighted by Crippen LogP contribution is 1.92. The lowest BCUT2D eigenvalue weighted by molar-refractivity contribution is -0.105. The summed E-state index contributed by atoms with van der Waals surface area (Å²) in [6.45, 7) is 0. The van der Waals surface area contributed by atoms with Crippen LogP contribution in [0, 0.1) is 0 Å². The average molecular weight is 212 g/mol. The minimum absolute atomic E-state index is 0. The lowest BCUT2D eigenvalue weighted by atomic mass is 14.9. The smallest absolute Gasteiger partial charge is 0.412 e. The highest BCUT2D eigenvalue weighted by atomic mass is 32.3. The van der Waals surface area contributed by atoms with Gasteiger partial charge >= 0.3 is 20.8 Å². The summed E-state index contributed by atoms with van der Waals surface area (Å²) in [4.78, 5) is 0. The first-order chi connectivity index (χ1) is 4.21. The molecule has 0 aromatic carbocycles. The molecule has 0 spiro atoms. The zero-order valence-electron chi connectivity index (χ0n) is 4.66. The molecule has 0 aliphatic carbocycles. The van der Waals surface area contributed by atoms with E-state index in [0.29, 0.717) is 0 Å². The van der Waals surface area contributed by atoms with Gasteiger partial charge in [0.1, 0.15) is 0 Å². The highest BCUT2D eigenvalue weighted by Gasteiger charge is 2.13. The topological polar surface area (TPSA) is 159 Å². The Morgan fingerprint density at radius 1 is 0.818 bits per heavy atom. The average Bonchev–Trinajstić information content (AvgIpc) is 1.57. The van der Waals surface area contributed by atoms with Gasteiger partial charge in [-0.25, -0.2) is 0 Å². The zero-order chi connectivity index (χ0) is 8.41. The van der Waals surface area contributed by atoms with Crippen LogP contribution in [-0.4, -0.2) is 31.4 Å². The van der Waals surface area contributed by atoms with E-state index in [1.165, 1.54) is 0 Å². The molecule has 70 valence electrons. The van der Waals surface area contributed by atoms with Gasteiger partial charge in [0.15, 0.2) is 0 Å².